The van der Waals surface area contributed by atoms with E-state index in [0.717, 1.165) is 119 Å². The molecule has 494 valence electrons. The third kappa shape index (κ3) is 18.1. The van der Waals surface area contributed by atoms with Crippen LogP contribution in [-0.4, -0.2) is 151 Å². The number of carbonyl (C=O) groups excluding carboxylic acids is 3. The lowest BCUT2D eigenvalue weighted by Gasteiger charge is -2.35. The molecule has 7 aromatic rings. The zero-order valence-corrected chi connectivity index (χ0v) is 56.7. The highest BCUT2D eigenvalue weighted by Crippen LogP contribution is 2.40. The molecular weight excluding hydrogens is 1240 g/mol. The van der Waals surface area contributed by atoms with Crippen LogP contribution < -0.4 is 25.6 Å². The fourth-order valence-electron chi connectivity index (χ4n) is 12.3. The van der Waals surface area contributed by atoms with Gasteiger partial charge in [0.25, 0.3) is 0 Å². The number of aryl methyl sites for hydroxylation is 2. The maximum atomic E-state index is 15.3. The van der Waals surface area contributed by atoms with E-state index in [1.807, 2.05) is 100 Å². The molecule has 19 nitrogen and oxygen atoms in total. The molecule has 3 aromatic carbocycles. The number of aliphatic hydroxyl groups is 1. The zero-order chi connectivity index (χ0) is 65.6. The van der Waals surface area contributed by atoms with E-state index in [0.29, 0.717) is 59.6 Å². The molecule has 0 aliphatic carbocycles. The number of hydrogen-bond acceptors (Lipinski definition) is 18. The summed E-state index contributed by atoms with van der Waals surface area (Å²) in [5.41, 5.74) is 7.65. The minimum atomic E-state index is -1.11. The third-order valence-corrected chi connectivity index (χ3v) is 20.8. The fourth-order valence-corrected chi connectivity index (χ4v) is 15.1. The molecule has 7 heterocycles. The number of halogens is 1. The summed E-state index contributed by atoms with van der Waals surface area (Å²) in [4.78, 5) is 77.1. The van der Waals surface area contributed by atoms with Crippen LogP contribution in [0, 0.1) is 36.9 Å². The van der Waals surface area contributed by atoms with Crippen molar-refractivity contribution in [2.24, 2.45) is 5.41 Å². The van der Waals surface area contributed by atoms with Crippen molar-refractivity contribution in [2.75, 3.05) is 69.2 Å². The predicted molar refractivity (Wildman–Crippen MR) is 367 cm³/mol. The largest absolute Gasteiger partial charge is 0.491 e. The number of piperazine rings is 1. The summed E-state index contributed by atoms with van der Waals surface area (Å²) >= 11 is 4.46. The molecule has 10 rings (SSSR count). The summed E-state index contributed by atoms with van der Waals surface area (Å²) in [5.74, 6) is 5.33. The van der Waals surface area contributed by atoms with E-state index in [-0.39, 0.29) is 54.8 Å². The minimum absolute atomic E-state index is 0.00137. The van der Waals surface area contributed by atoms with Crippen LogP contribution in [0.5, 0.6) is 5.75 Å². The summed E-state index contributed by atoms with van der Waals surface area (Å²) in [5, 5.41) is 40.7. The topological polar surface area (TPSA) is 231 Å². The lowest BCUT2D eigenvalue weighted by atomic mass is 9.85. The lowest BCUT2D eigenvalue weighted by Crippen LogP contribution is -2.57. The van der Waals surface area contributed by atoms with E-state index in [4.69, 9.17) is 4.74 Å². The summed E-state index contributed by atoms with van der Waals surface area (Å²) in [6.07, 6.45) is 11.9. The van der Waals surface area contributed by atoms with Crippen molar-refractivity contribution >= 4 is 89.8 Å². The Hall–Kier alpha value is -7.46. The highest BCUT2D eigenvalue weighted by atomic mass is 32.1. The van der Waals surface area contributed by atoms with Gasteiger partial charge in [0.05, 0.1) is 51.6 Å². The van der Waals surface area contributed by atoms with Gasteiger partial charge in [-0.25, -0.2) is 24.1 Å². The Bertz CT molecular complexity index is 3740. The van der Waals surface area contributed by atoms with E-state index in [2.05, 4.69) is 62.7 Å². The number of thiazole rings is 3. The molecule has 2 saturated heterocycles. The van der Waals surface area contributed by atoms with Crippen molar-refractivity contribution in [1.82, 2.24) is 50.5 Å². The van der Waals surface area contributed by atoms with Gasteiger partial charge in [-0.05, 0) is 113 Å². The molecule has 0 bridgehead atoms. The van der Waals surface area contributed by atoms with Crippen LogP contribution in [-0.2, 0) is 27.2 Å². The predicted octanol–water partition coefficient (Wildman–Crippen LogP) is 12.2. The van der Waals surface area contributed by atoms with Gasteiger partial charge >= 0.3 is 5.97 Å². The minimum Gasteiger partial charge on any atom is -0.491 e. The molecule has 0 unspecified atom stereocenters. The summed E-state index contributed by atoms with van der Waals surface area (Å²) in [6, 6.07) is 18.7. The molecule has 4 atom stereocenters. The van der Waals surface area contributed by atoms with Crippen LogP contribution in [0.2, 0.25) is 0 Å². The Balaban J connectivity index is 0.562. The smallest absolute Gasteiger partial charge is 0.355 e. The number of aliphatic hydroxyl groups excluding tert-OH is 1. The third-order valence-electron chi connectivity index (χ3n) is 17.7. The number of aromatic nitrogens is 5. The molecule has 5 N–H and O–H groups in total. The first-order chi connectivity index (χ1) is 44.9. The van der Waals surface area contributed by atoms with Crippen molar-refractivity contribution < 1.29 is 38.5 Å². The van der Waals surface area contributed by atoms with Crippen molar-refractivity contribution in [1.29, 1.82) is 0 Å². The summed E-state index contributed by atoms with van der Waals surface area (Å²) in [6.45, 7) is 18.0. The molecule has 4 aromatic heterocycles. The zero-order valence-electron chi connectivity index (χ0n) is 54.3. The highest BCUT2D eigenvalue weighted by Gasteiger charge is 2.45. The van der Waals surface area contributed by atoms with Gasteiger partial charge in [-0.3, -0.25) is 19.3 Å². The number of ether oxygens (including phenoxy) is 1. The molecular formula is C70H87FN12O7S3. The number of unbranched alkanes of at least 4 members (excludes halogenated alkanes) is 8. The number of nitrogens with zero attached hydrogens (tertiary/aromatic N) is 9. The number of aromatic carboxylic acids is 1. The van der Waals surface area contributed by atoms with Crippen LogP contribution in [0.3, 0.4) is 0 Å². The quantitative estimate of drug-likeness (QED) is 0.0227. The Labute approximate surface area is 557 Å². The van der Waals surface area contributed by atoms with Crippen LogP contribution in [0.1, 0.15) is 161 Å². The first kappa shape index (κ1) is 68.4. The molecule has 23 heteroatoms. The number of β-amino-alcohol motifs (C(OH)–C–C–N with tert-alkyl or cyclic N) is 1. The van der Waals surface area contributed by atoms with Gasteiger partial charge in [-0.2, -0.15) is 0 Å². The number of likely N-dealkylation sites (tertiary alicyclic amines) is 1. The monoisotopic (exact) mass is 1320 g/mol. The molecule has 0 spiro atoms. The van der Waals surface area contributed by atoms with Gasteiger partial charge < -0.3 is 45.6 Å². The average Bonchev–Trinajstić information content (AvgIpc) is 1.78. The second kappa shape index (κ2) is 32.1. The SMILES string of the molecule is Cc1ncsc1-c1ccc([C@H](C)NC(=O)[C@@H]2C[C@@H](O)CN2C(=O)[C@@H](NC(=O)CCCCCCCCCCCN2CCN(CC#Cc3ccc(OCCCc4sc(N5CCCc6c5nnc(Nc5nc7ccccc7s5)c6C)nc4C(=O)O)c(F)c3)CC2)C(C)(C)C)cc1. The van der Waals surface area contributed by atoms with Gasteiger partial charge in [-0.1, -0.05) is 125 Å². The van der Waals surface area contributed by atoms with E-state index in [9.17, 15) is 29.4 Å². The molecule has 0 saturated carbocycles. The van der Waals surface area contributed by atoms with Crippen molar-refractivity contribution in [2.45, 2.75) is 162 Å². The maximum absolute atomic E-state index is 15.3. The normalized spacial score (nSPS) is 16.8. The Morgan fingerprint density at radius 1 is 0.849 bits per heavy atom. The van der Waals surface area contributed by atoms with E-state index < -0.39 is 35.4 Å². The number of amides is 3. The number of benzene rings is 3. The van der Waals surface area contributed by atoms with Crippen molar-refractivity contribution in [3.8, 4) is 28.0 Å². The number of hydrogen-bond donors (Lipinski definition) is 5. The number of fused-ring (bicyclic) bond motifs is 2. The number of nitrogens with one attached hydrogen (secondary N) is 3. The number of anilines is 4. The Morgan fingerprint density at radius 3 is 2.29 bits per heavy atom. The molecule has 93 heavy (non-hydrogen) atoms. The first-order valence-electron chi connectivity index (χ1n) is 32.8. The second-order valence-corrected chi connectivity index (χ2v) is 28.7. The fraction of sp³-hybridized carbons (Fsp3) is 0.500. The maximum Gasteiger partial charge on any atom is 0.355 e. The Kier molecular flexibility index (Phi) is 23.6. The van der Waals surface area contributed by atoms with Crippen LogP contribution >= 0.6 is 34.0 Å². The van der Waals surface area contributed by atoms with Gasteiger partial charge in [0.15, 0.2) is 39.2 Å². The van der Waals surface area contributed by atoms with Gasteiger partial charge in [0, 0.05) is 73.7 Å². The van der Waals surface area contributed by atoms with E-state index in [1.165, 1.54) is 54.4 Å². The van der Waals surface area contributed by atoms with E-state index >= 15 is 4.39 Å². The number of carboxylic acid groups (broad SMARTS) is 1. The van der Waals surface area contributed by atoms with Crippen molar-refractivity contribution in [3.05, 3.63) is 117 Å². The molecule has 2 fully saturated rings. The van der Waals surface area contributed by atoms with Gasteiger partial charge in [0.1, 0.15) is 12.1 Å². The van der Waals surface area contributed by atoms with Gasteiger partial charge in [0.2, 0.25) is 17.7 Å². The van der Waals surface area contributed by atoms with Crippen LogP contribution in [0.15, 0.2) is 72.2 Å². The summed E-state index contributed by atoms with van der Waals surface area (Å²) < 4.78 is 22.2. The number of carboxylic acids is 1. The number of carbonyl (C=O) groups is 4. The second-order valence-electron chi connectivity index (χ2n) is 25.7. The Morgan fingerprint density at radius 2 is 1.58 bits per heavy atom. The lowest BCUT2D eigenvalue weighted by molar-refractivity contribution is -0.144. The highest BCUT2D eigenvalue weighted by molar-refractivity contribution is 7.22. The van der Waals surface area contributed by atoms with Crippen LogP contribution in [0.25, 0.3) is 20.7 Å². The first-order valence-corrected chi connectivity index (χ1v) is 35.3. The molecule has 3 aliphatic rings. The number of para-hydroxylation sites is 1. The molecule has 0 radical (unpaired) electrons. The summed E-state index contributed by atoms with van der Waals surface area (Å²) in [7, 11) is 0. The standard InChI is InChI=1S/C70H87FN12O7S3/c1-45-52-22-19-35-82(64(52)79-78-63(45)77-68-74-54-23-15-16-24-57(54)92-68)69-76-60(67(88)89)58(93-69)25-20-40-90-56-32-27-48(41-53(56)71)21-18-34-81-38-36-80(37-39-81)33-17-13-11-9-7-8-10-12-14-26-59(85)75-62(70(4,5)6)66(87)83-43-51(84)42-55(83)65(86)73-46(2)49-28-30-50(31-29-49)61-47(3)72-44-91-61/h15-16,23-24,27-32,41,44,46,51,55,62,84H,7-14,17,19-20,22,25-26,33-40,42-43H2,1-6H3,(H,73,86)(H,75,85)(H,88,89)(H,74,77,78)/t46-,51+,55-,62+/m0/s1. The average molecular weight is 1320 g/mol. The van der Waals surface area contributed by atoms with E-state index in [1.54, 1.807) is 34.8 Å². The molecule has 3 amide bonds. The molecule has 3 aliphatic heterocycles. The van der Waals surface area contributed by atoms with Gasteiger partial charge in [-0.15, -0.1) is 32.9 Å². The number of rotatable bonds is 28. The van der Waals surface area contributed by atoms with Crippen LogP contribution in [0.4, 0.5) is 26.3 Å². The van der Waals surface area contributed by atoms with Crippen molar-refractivity contribution in [3.63, 3.8) is 0 Å².